The number of hydrazine groups is 1. The normalized spacial score (nSPS) is 17.1. The monoisotopic (exact) mass is 310 g/mol. The lowest BCUT2D eigenvalue weighted by molar-refractivity contribution is -0.133. The summed E-state index contributed by atoms with van der Waals surface area (Å²) in [5, 5.41) is 10.0. The van der Waals surface area contributed by atoms with Crippen molar-refractivity contribution in [1.82, 2.24) is 10.4 Å². The molecule has 6 nitrogen and oxygen atoms in total. The van der Waals surface area contributed by atoms with Crippen LogP contribution in [0.1, 0.15) is 17.4 Å². The van der Waals surface area contributed by atoms with E-state index in [0.29, 0.717) is 5.76 Å². The summed E-state index contributed by atoms with van der Waals surface area (Å²) < 4.78 is 5.39. The fraction of sp³-hybridized carbons (Fsp3) is 0.0588. The number of amides is 1. The number of hydrogen-bond acceptors (Lipinski definition) is 4. The molecule has 1 aromatic heterocycles. The number of benzene rings is 1. The Morgan fingerprint density at radius 2 is 1.91 bits per heavy atom. The number of hydrogen-bond donors (Lipinski definition) is 2. The van der Waals surface area contributed by atoms with Crippen molar-refractivity contribution in [3.05, 3.63) is 78.3 Å². The summed E-state index contributed by atoms with van der Waals surface area (Å²) in [7, 11) is 0. The zero-order valence-corrected chi connectivity index (χ0v) is 12.0. The van der Waals surface area contributed by atoms with Gasteiger partial charge in [0.15, 0.2) is 0 Å². The van der Waals surface area contributed by atoms with Crippen LogP contribution in [0.5, 0.6) is 0 Å². The highest BCUT2D eigenvalue weighted by Gasteiger charge is 2.31. The van der Waals surface area contributed by atoms with Gasteiger partial charge < -0.3 is 9.52 Å². The van der Waals surface area contributed by atoms with Crippen molar-refractivity contribution >= 4 is 17.6 Å². The first-order valence-corrected chi connectivity index (χ1v) is 6.96. The van der Waals surface area contributed by atoms with Crippen LogP contribution in [0.15, 0.2) is 71.4 Å². The third-order valence-electron chi connectivity index (χ3n) is 3.37. The zero-order valence-electron chi connectivity index (χ0n) is 12.0. The fourth-order valence-electron chi connectivity index (χ4n) is 2.33. The first-order valence-electron chi connectivity index (χ1n) is 6.96. The average molecular weight is 310 g/mol. The molecule has 23 heavy (non-hydrogen) atoms. The molecule has 0 fully saturated rings. The molecule has 1 aromatic carbocycles. The van der Waals surface area contributed by atoms with E-state index >= 15 is 0 Å². The number of carbonyl (C=O) groups excluding carboxylic acids is 1. The van der Waals surface area contributed by atoms with Crippen LogP contribution in [-0.4, -0.2) is 22.0 Å². The van der Waals surface area contributed by atoms with E-state index in [-0.39, 0.29) is 0 Å². The molecule has 116 valence electrons. The van der Waals surface area contributed by atoms with Gasteiger partial charge in [-0.05, 0) is 23.8 Å². The topological polar surface area (TPSA) is 82.8 Å². The Morgan fingerprint density at radius 1 is 1.13 bits per heavy atom. The summed E-state index contributed by atoms with van der Waals surface area (Å²) in [6, 6.07) is 12.6. The summed E-state index contributed by atoms with van der Waals surface area (Å²) in [5.41, 5.74) is 4.68. The molecule has 0 spiro atoms. The maximum absolute atomic E-state index is 12.3. The lowest BCUT2D eigenvalue weighted by Crippen LogP contribution is -2.38. The molecule has 0 aliphatic carbocycles. The van der Waals surface area contributed by atoms with Crippen molar-refractivity contribution in [2.45, 2.75) is 6.04 Å². The number of nitrogens with one attached hydrogen (secondary N) is 1. The fourth-order valence-corrected chi connectivity index (χ4v) is 2.33. The van der Waals surface area contributed by atoms with Crippen molar-refractivity contribution < 1.29 is 19.1 Å². The highest BCUT2D eigenvalue weighted by atomic mass is 16.4. The molecule has 1 atom stereocenters. The highest BCUT2D eigenvalue weighted by Crippen LogP contribution is 2.31. The Labute approximate surface area is 132 Å². The van der Waals surface area contributed by atoms with Gasteiger partial charge in [0.25, 0.3) is 5.91 Å². The summed E-state index contributed by atoms with van der Waals surface area (Å²) in [6.45, 7) is 0. The second-order valence-electron chi connectivity index (χ2n) is 4.90. The van der Waals surface area contributed by atoms with E-state index in [4.69, 9.17) is 9.52 Å². The maximum Gasteiger partial charge on any atom is 0.328 e. The predicted octanol–water partition coefficient (Wildman–Crippen LogP) is 2.35. The van der Waals surface area contributed by atoms with E-state index in [1.54, 1.807) is 12.1 Å². The van der Waals surface area contributed by atoms with E-state index < -0.39 is 17.9 Å². The molecule has 0 bridgehead atoms. The Morgan fingerprint density at radius 3 is 2.57 bits per heavy atom. The molecule has 1 aliphatic heterocycles. The zero-order chi connectivity index (χ0) is 16.2. The highest BCUT2D eigenvalue weighted by molar-refractivity contribution is 5.95. The van der Waals surface area contributed by atoms with Gasteiger partial charge in [-0.3, -0.25) is 10.2 Å². The third kappa shape index (κ3) is 3.16. The van der Waals surface area contributed by atoms with Gasteiger partial charge in [-0.1, -0.05) is 30.3 Å². The van der Waals surface area contributed by atoms with E-state index in [2.05, 4.69) is 5.43 Å². The van der Waals surface area contributed by atoms with E-state index in [9.17, 15) is 9.59 Å². The molecule has 3 rings (SSSR count). The lowest BCUT2D eigenvalue weighted by Gasteiger charge is -2.22. The van der Waals surface area contributed by atoms with Crippen LogP contribution in [0, 0.1) is 0 Å². The molecule has 1 aliphatic rings. The van der Waals surface area contributed by atoms with Gasteiger partial charge in [0.1, 0.15) is 11.8 Å². The lowest BCUT2D eigenvalue weighted by atomic mass is 10.1. The van der Waals surface area contributed by atoms with Gasteiger partial charge in [-0.25, -0.2) is 9.80 Å². The Balaban J connectivity index is 1.91. The second-order valence-corrected chi connectivity index (χ2v) is 4.90. The molecule has 2 N–H and O–H groups in total. The van der Waals surface area contributed by atoms with E-state index in [1.807, 2.05) is 36.4 Å². The van der Waals surface area contributed by atoms with Crippen molar-refractivity contribution in [1.29, 1.82) is 0 Å². The van der Waals surface area contributed by atoms with Gasteiger partial charge in [0.05, 0.1) is 12.0 Å². The molecular weight excluding hydrogens is 296 g/mol. The Kier molecular flexibility index (Phi) is 3.97. The quantitative estimate of drug-likeness (QED) is 0.847. The average Bonchev–Trinajstić information content (AvgIpc) is 3.22. The van der Waals surface area contributed by atoms with Gasteiger partial charge in [0.2, 0.25) is 0 Å². The van der Waals surface area contributed by atoms with Crippen molar-refractivity contribution in [3.8, 4) is 0 Å². The van der Waals surface area contributed by atoms with Gasteiger partial charge in [-0.15, -0.1) is 0 Å². The van der Waals surface area contributed by atoms with Crippen LogP contribution in [0.25, 0.3) is 5.70 Å². The largest absolute Gasteiger partial charge is 0.478 e. The molecule has 0 saturated carbocycles. The predicted molar refractivity (Wildman–Crippen MR) is 82.6 cm³/mol. The number of carboxylic acids is 1. The number of carbonyl (C=O) groups is 2. The Hall–Kier alpha value is -3.28. The standard InChI is InChI=1S/C17H14N2O4/c20-16(8-9-17(21)22)19-14(15-7-4-10-23-15)11-13(18-19)12-5-2-1-3-6-12/h1-11,14,18H,(H,21,22)/t14-/m0/s1. The number of nitrogens with zero attached hydrogens (tertiary/aromatic N) is 1. The minimum absolute atomic E-state index is 0.453. The molecule has 0 saturated heterocycles. The molecule has 0 radical (unpaired) electrons. The molecule has 0 unspecified atom stereocenters. The van der Waals surface area contributed by atoms with Crippen molar-refractivity contribution in [2.75, 3.05) is 0 Å². The molecule has 6 heteroatoms. The summed E-state index contributed by atoms with van der Waals surface area (Å²) in [6.07, 6.45) is 5.21. The van der Waals surface area contributed by atoms with Crippen LogP contribution in [-0.2, 0) is 9.59 Å². The summed E-state index contributed by atoms with van der Waals surface area (Å²) >= 11 is 0. The first-order chi connectivity index (χ1) is 11.1. The van der Waals surface area contributed by atoms with E-state index in [1.165, 1.54) is 11.3 Å². The minimum Gasteiger partial charge on any atom is -0.478 e. The molecule has 2 aromatic rings. The first kappa shape index (κ1) is 14.6. The van der Waals surface area contributed by atoms with Crippen LogP contribution >= 0.6 is 0 Å². The van der Waals surface area contributed by atoms with E-state index in [0.717, 1.165) is 23.4 Å². The van der Waals surface area contributed by atoms with Crippen LogP contribution in [0.4, 0.5) is 0 Å². The van der Waals surface area contributed by atoms with Crippen LogP contribution in [0.3, 0.4) is 0 Å². The number of rotatable bonds is 4. The van der Waals surface area contributed by atoms with Crippen molar-refractivity contribution in [3.63, 3.8) is 0 Å². The summed E-state index contributed by atoms with van der Waals surface area (Å²) in [4.78, 5) is 22.9. The van der Waals surface area contributed by atoms with Crippen LogP contribution in [0.2, 0.25) is 0 Å². The molecular formula is C17H14N2O4. The van der Waals surface area contributed by atoms with Gasteiger partial charge >= 0.3 is 5.97 Å². The van der Waals surface area contributed by atoms with Gasteiger partial charge in [0, 0.05) is 12.2 Å². The summed E-state index contributed by atoms with van der Waals surface area (Å²) in [5.74, 6) is -1.07. The van der Waals surface area contributed by atoms with Crippen LogP contribution < -0.4 is 5.43 Å². The second kappa shape index (κ2) is 6.23. The maximum atomic E-state index is 12.3. The molecule has 2 heterocycles. The Bertz CT molecular complexity index is 763. The third-order valence-corrected chi connectivity index (χ3v) is 3.37. The number of aliphatic carboxylic acids is 1. The SMILES string of the molecule is O=C(O)C=CC(=O)N1NC(c2ccccc2)=C[C@H]1c1ccco1. The van der Waals surface area contributed by atoms with Crippen molar-refractivity contribution in [2.24, 2.45) is 0 Å². The van der Waals surface area contributed by atoms with Gasteiger partial charge in [-0.2, -0.15) is 0 Å². The molecule has 1 amide bonds. The number of furan rings is 1. The number of carboxylic acid groups (broad SMARTS) is 1. The smallest absolute Gasteiger partial charge is 0.328 e. The minimum atomic E-state index is -1.18.